The number of rotatable bonds is 1. The summed E-state index contributed by atoms with van der Waals surface area (Å²) in [6, 6.07) is 7.99. The minimum absolute atomic E-state index is 0.380. The van der Waals surface area contributed by atoms with Gasteiger partial charge in [0.1, 0.15) is 0 Å². The molecule has 0 saturated carbocycles. The average molecular weight is 197 g/mol. The van der Waals surface area contributed by atoms with E-state index in [0.717, 1.165) is 11.3 Å². The molecular weight excluding hydrogens is 188 g/mol. The van der Waals surface area contributed by atoms with Gasteiger partial charge >= 0.3 is 0 Å². The van der Waals surface area contributed by atoms with Gasteiger partial charge in [0, 0.05) is 11.3 Å². The van der Waals surface area contributed by atoms with Crippen molar-refractivity contribution in [1.29, 1.82) is 0 Å². The third-order valence-corrected chi connectivity index (χ3v) is 1.91. The second-order valence-electron chi connectivity index (χ2n) is 2.29. The monoisotopic (exact) mass is 196 g/mol. The van der Waals surface area contributed by atoms with Crippen molar-refractivity contribution in [2.75, 3.05) is 5.88 Å². The molecule has 0 unspecified atom stereocenters. The van der Waals surface area contributed by atoms with E-state index in [1.54, 1.807) is 0 Å². The van der Waals surface area contributed by atoms with Gasteiger partial charge in [-0.2, -0.15) is 12.6 Å². The molecule has 0 N–H and O–H groups in total. The molecule has 1 aromatic rings. The fourth-order valence-electron chi connectivity index (χ4n) is 0.883. The van der Waals surface area contributed by atoms with Crippen LogP contribution in [0.1, 0.15) is 11.1 Å². The minimum Gasteiger partial charge on any atom is -0.175 e. The molecule has 0 heterocycles. The Morgan fingerprint density at radius 1 is 1.42 bits per heavy atom. The van der Waals surface area contributed by atoms with Crippen molar-refractivity contribution in [3.8, 4) is 11.8 Å². The fraction of sp³-hybridized carbons (Fsp3) is 0.200. The molecular formula is C10H9ClS. The quantitative estimate of drug-likeness (QED) is 0.399. The molecule has 0 aliphatic heterocycles. The number of alkyl halides is 1. The third-order valence-electron chi connectivity index (χ3n) is 1.41. The summed E-state index contributed by atoms with van der Waals surface area (Å²) in [6.45, 7) is 0. The molecule has 1 aromatic carbocycles. The summed E-state index contributed by atoms with van der Waals surface area (Å²) in [6.07, 6.45) is 0. The topological polar surface area (TPSA) is 0 Å². The van der Waals surface area contributed by atoms with Crippen molar-refractivity contribution in [2.24, 2.45) is 0 Å². The zero-order chi connectivity index (χ0) is 8.81. The summed E-state index contributed by atoms with van der Waals surface area (Å²) in [5.74, 6) is 6.89. The summed E-state index contributed by atoms with van der Waals surface area (Å²) in [5, 5.41) is 0. The number of benzene rings is 1. The molecule has 0 amide bonds. The van der Waals surface area contributed by atoms with Gasteiger partial charge in [0.05, 0.1) is 5.88 Å². The van der Waals surface area contributed by atoms with E-state index in [4.69, 9.17) is 11.6 Å². The van der Waals surface area contributed by atoms with E-state index in [-0.39, 0.29) is 0 Å². The van der Waals surface area contributed by atoms with E-state index in [1.165, 1.54) is 5.56 Å². The Kier molecular flexibility index (Phi) is 4.07. The smallest absolute Gasteiger partial charge is 0.0839 e. The van der Waals surface area contributed by atoms with Crippen LogP contribution in [0, 0.1) is 11.8 Å². The largest absolute Gasteiger partial charge is 0.175 e. The lowest BCUT2D eigenvalue weighted by molar-refractivity contribution is 1.41. The van der Waals surface area contributed by atoms with Crippen LogP contribution in [0.25, 0.3) is 0 Å². The van der Waals surface area contributed by atoms with Crippen molar-refractivity contribution in [3.05, 3.63) is 35.4 Å². The second-order valence-corrected chi connectivity index (χ2v) is 2.88. The molecule has 0 atom stereocenters. The van der Waals surface area contributed by atoms with Crippen LogP contribution in [0.2, 0.25) is 0 Å². The highest BCUT2D eigenvalue weighted by Gasteiger charge is 1.89. The van der Waals surface area contributed by atoms with Crippen LogP contribution in [0.5, 0.6) is 0 Å². The number of thiol groups is 1. The molecule has 1 rings (SSSR count). The molecule has 2 heteroatoms. The summed E-state index contributed by atoms with van der Waals surface area (Å²) in [7, 11) is 0. The molecule has 0 aliphatic rings. The van der Waals surface area contributed by atoms with Gasteiger partial charge in [0.15, 0.2) is 0 Å². The van der Waals surface area contributed by atoms with E-state index in [1.807, 2.05) is 24.3 Å². The second kappa shape index (κ2) is 5.13. The van der Waals surface area contributed by atoms with Crippen molar-refractivity contribution in [1.82, 2.24) is 0 Å². The van der Waals surface area contributed by atoms with Crippen LogP contribution >= 0.6 is 24.2 Å². The maximum absolute atomic E-state index is 5.44. The fourth-order valence-corrected chi connectivity index (χ4v) is 1.15. The van der Waals surface area contributed by atoms with Gasteiger partial charge in [0.25, 0.3) is 0 Å². The minimum atomic E-state index is 0.380. The van der Waals surface area contributed by atoms with E-state index < -0.39 is 0 Å². The lowest BCUT2D eigenvalue weighted by atomic mass is 10.1. The third kappa shape index (κ3) is 2.81. The van der Waals surface area contributed by atoms with E-state index >= 15 is 0 Å². The van der Waals surface area contributed by atoms with Crippen LogP contribution in [-0.4, -0.2) is 5.88 Å². The van der Waals surface area contributed by atoms with Crippen molar-refractivity contribution < 1.29 is 0 Å². The Balaban J connectivity index is 2.86. The Bertz CT molecular complexity index is 309. The molecule has 0 radical (unpaired) electrons. The zero-order valence-corrected chi connectivity index (χ0v) is 8.20. The lowest BCUT2D eigenvalue weighted by Crippen LogP contribution is -1.79. The molecule has 62 valence electrons. The van der Waals surface area contributed by atoms with Gasteiger partial charge in [0.2, 0.25) is 0 Å². The van der Waals surface area contributed by atoms with Crippen molar-refractivity contribution in [2.45, 2.75) is 5.75 Å². The Morgan fingerprint density at radius 3 is 2.92 bits per heavy atom. The molecule has 12 heavy (non-hydrogen) atoms. The van der Waals surface area contributed by atoms with Crippen LogP contribution in [0.4, 0.5) is 0 Å². The standard InChI is InChI=1S/C10H9ClS/c11-6-2-5-9-3-1-4-10(7-9)8-12/h1,3-4,7,12H,6,8H2. The van der Waals surface area contributed by atoms with E-state index in [0.29, 0.717) is 5.88 Å². The number of hydrogen-bond donors (Lipinski definition) is 1. The SMILES string of the molecule is SCc1cccc(C#CCCl)c1. The highest BCUT2D eigenvalue weighted by Crippen LogP contribution is 2.06. The average Bonchev–Trinajstić information content (AvgIpc) is 2.15. The first-order valence-corrected chi connectivity index (χ1v) is 4.78. The zero-order valence-electron chi connectivity index (χ0n) is 6.55. The first-order chi connectivity index (χ1) is 5.86. The maximum Gasteiger partial charge on any atom is 0.0839 e. The summed E-state index contributed by atoms with van der Waals surface area (Å²) in [5.41, 5.74) is 2.18. The first-order valence-electron chi connectivity index (χ1n) is 3.61. The summed E-state index contributed by atoms with van der Waals surface area (Å²) >= 11 is 9.61. The van der Waals surface area contributed by atoms with Crippen LogP contribution in [0.3, 0.4) is 0 Å². The molecule has 0 nitrogen and oxygen atoms in total. The van der Waals surface area contributed by atoms with Crippen LogP contribution in [-0.2, 0) is 5.75 Å². The first kappa shape index (κ1) is 9.51. The maximum atomic E-state index is 5.44. The normalized spacial score (nSPS) is 8.83. The Hall–Kier alpha value is -0.580. The molecule has 0 saturated heterocycles. The molecule has 0 bridgehead atoms. The van der Waals surface area contributed by atoms with Gasteiger partial charge in [-0.3, -0.25) is 0 Å². The van der Waals surface area contributed by atoms with Crippen molar-refractivity contribution >= 4 is 24.2 Å². The van der Waals surface area contributed by atoms with Gasteiger partial charge < -0.3 is 0 Å². The van der Waals surface area contributed by atoms with Gasteiger partial charge in [-0.1, -0.05) is 24.0 Å². The van der Waals surface area contributed by atoms with Crippen molar-refractivity contribution in [3.63, 3.8) is 0 Å². The predicted molar refractivity (Wildman–Crippen MR) is 56.7 cm³/mol. The number of halogens is 1. The predicted octanol–water partition coefficient (Wildman–Crippen LogP) is 2.71. The lowest BCUT2D eigenvalue weighted by Gasteiger charge is -1.94. The van der Waals surface area contributed by atoms with Gasteiger partial charge in [-0.15, -0.1) is 11.6 Å². The summed E-state index contributed by atoms with van der Waals surface area (Å²) < 4.78 is 0. The molecule has 0 spiro atoms. The summed E-state index contributed by atoms with van der Waals surface area (Å²) in [4.78, 5) is 0. The molecule has 0 aliphatic carbocycles. The molecule has 0 aromatic heterocycles. The van der Waals surface area contributed by atoms with Crippen LogP contribution < -0.4 is 0 Å². The highest BCUT2D eigenvalue weighted by molar-refractivity contribution is 7.79. The highest BCUT2D eigenvalue weighted by atomic mass is 35.5. The van der Waals surface area contributed by atoms with E-state index in [2.05, 4.69) is 24.5 Å². The number of hydrogen-bond acceptors (Lipinski definition) is 1. The molecule has 0 fully saturated rings. The Morgan fingerprint density at radius 2 is 2.25 bits per heavy atom. The Labute approximate surface area is 83.3 Å². The van der Waals surface area contributed by atoms with Gasteiger partial charge in [-0.25, -0.2) is 0 Å². The van der Waals surface area contributed by atoms with Crippen LogP contribution in [0.15, 0.2) is 24.3 Å². The van der Waals surface area contributed by atoms with E-state index in [9.17, 15) is 0 Å². The van der Waals surface area contributed by atoms with Gasteiger partial charge in [-0.05, 0) is 17.7 Å².